The van der Waals surface area contributed by atoms with Crippen molar-refractivity contribution >= 4 is 33.3 Å². The van der Waals surface area contributed by atoms with Crippen molar-refractivity contribution in [3.8, 4) is 5.75 Å². The first-order valence-electron chi connectivity index (χ1n) is 12.0. The molecule has 0 aliphatic carbocycles. The highest BCUT2D eigenvalue weighted by atomic mass is 32.2. The van der Waals surface area contributed by atoms with Gasteiger partial charge in [-0.2, -0.15) is 0 Å². The molecule has 2 aromatic rings. The van der Waals surface area contributed by atoms with E-state index < -0.39 is 28.4 Å². The first-order chi connectivity index (χ1) is 18.2. The Morgan fingerprint density at radius 2 is 1.92 bits per heavy atom. The van der Waals surface area contributed by atoms with Gasteiger partial charge in [0.1, 0.15) is 12.4 Å². The smallest absolute Gasteiger partial charge is 0.416 e. The molecule has 0 saturated heterocycles. The van der Waals surface area contributed by atoms with E-state index in [4.69, 9.17) is 14.2 Å². The number of benzene rings is 2. The number of carbonyl (C=O) groups is 2. The van der Waals surface area contributed by atoms with Crippen LogP contribution in [0.15, 0.2) is 60.0 Å². The SMILES string of the molecule is C=CCOC(=O)N1c2cc(C)c(OC)cc2C(=O)N2CC=C(c3ccc(S(=O)(=O)NC)cc3)C[C@H]2C1OC. The van der Waals surface area contributed by atoms with Crippen molar-refractivity contribution < 1.29 is 32.2 Å². The molecule has 0 saturated carbocycles. The van der Waals surface area contributed by atoms with E-state index >= 15 is 0 Å². The topological polar surface area (TPSA) is 114 Å². The maximum atomic E-state index is 13.8. The van der Waals surface area contributed by atoms with Crippen LogP contribution in [0.3, 0.4) is 0 Å². The number of carbonyl (C=O) groups excluding carboxylic acids is 2. The van der Waals surface area contributed by atoms with Crippen LogP contribution >= 0.6 is 0 Å². The van der Waals surface area contributed by atoms with Crippen LogP contribution < -0.4 is 14.4 Å². The molecule has 202 valence electrons. The molecule has 2 aromatic carbocycles. The molecule has 0 spiro atoms. The molecule has 1 unspecified atom stereocenters. The first-order valence-corrected chi connectivity index (χ1v) is 13.5. The Kier molecular flexibility index (Phi) is 7.91. The van der Waals surface area contributed by atoms with Crippen LogP contribution in [0.1, 0.15) is 27.9 Å². The average Bonchev–Trinajstić information content (AvgIpc) is 3.03. The number of nitrogens with zero attached hydrogens (tertiary/aromatic N) is 2. The molecule has 2 atom stereocenters. The van der Waals surface area contributed by atoms with Crippen LogP contribution in [0, 0.1) is 6.92 Å². The van der Waals surface area contributed by atoms with Crippen molar-refractivity contribution in [2.75, 3.05) is 39.3 Å². The molecule has 11 heteroatoms. The zero-order valence-corrected chi connectivity index (χ0v) is 22.6. The number of ether oxygens (including phenoxy) is 3. The second-order valence-corrected chi connectivity index (χ2v) is 10.8. The lowest BCUT2D eigenvalue weighted by molar-refractivity contribution is 0.0175. The molecule has 10 nitrogen and oxygen atoms in total. The molecule has 2 aliphatic heterocycles. The third-order valence-corrected chi connectivity index (χ3v) is 8.21. The maximum Gasteiger partial charge on any atom is 0.416 e. The van der Waals surface area contributed by atoms with Crippen LogP contribution in [0.5, 0.6) is 5.75 Å². The fourth-order valence-corrected chi connectivity index (χ4v) is 5.57. The molecule has 4 rings (SSSR count). The van der Waals surface area contributed by atoms with Gasteiger partial charge in [0.15, 0.2) is 6.23 Å². The number of fused-ring (bicyclic) bond motifs is 2. The molecular formula is C27H31N3O7S. The van der Waals surface area contributed by atoms with E-state index in [2.05, 4.69) is 11.3 Å². The molecule has 0 bridgehead atoms. The summed E-state index contributed by atoms with van der Waals surface area (Å²) in [5, 5.41) is 0. The predicted octanol–water partition coefficient (Wildman–Crippen LogP) is 3.32. The Bertz CT molecular complexity index is 1390. The first kappa shape index (κ1) is 27.4. The van der Waals surface area contributed by atoms with Crippen molar-refractivity contribution in [2.24, 2.45) is 0 Å². The highest BCUT2D eigenvalue weighted by molar-refractivity contribution is 7.89. The number of amides is 2. The standard InChI is InChI=1S/C27H31N3O7S/c1-6-13-37-27(32)30-22-14-17(2)24(35-4)16-21(22)25(31)29-12-11-19(15-23(29)26(30)36-5)18-7-9-20(10-8-18)38(33,34)28-3/h6-11,14,16,23,26,28H,1,12-13,15H2,2-5H3/t23-,26?/m0/s1. The predicted molar refractivity (Wildman–Crippen MR) is 143 cm³/mol. The van der Waals surface area contributed by atoms with Crippen molar-refractivity contribution in [2.45, 2.75) is 30.5 Å². The summed E-state index contributed by atoms with van der Waals surface area (Å²) in [6, 6.07) is 9.32. The van der Waals surface area contributed by atoms with E-state index in [-0.39, 0.29) is 24.0 Å². The molecule has 2 heterocycles. The summed E-state index contributed by atoms with van der Waals surface area (Å²) < 4.78 is 43.3. The van der Waals surface area contributed by atoms with E-state index in [9.17, 15) is 18.0 Å². The Morgan fingerprint density at radius 3 is 2.53 bits per heavy atom. The molecule has 0 fully saturated rings. The van der Waals surface area contributed by atoms with Gasteiger partial charge < -0.3 is 19.1 Å². The number of methoxy groups -OCH3 is 2. The van der Waals surface area contributed by atoms with Gasteiger partial charge in [-0.25, -0.2) is 22.8 Å². The molecule has 1 N–H and O–H groups in total. The maximum absolute atomic E-state index is 13.8. The normalized spacial score (nSPS) is 19.2. The lowest BCUT2D eigenvalue weighted by atomic mass is 9.93. The Labute approximate surface area is 222 Å². The lowest BCUT2D eigenvalue weighted by Gasteiger charge is -2.40. The van der Waals surface area contributed by atoms with Crippen molar-refractivity contribution in [1.82, 2.24) is 9.62 Å². The summed E-state index contributed by atoms with van der Waals surface area (Å²) in [5.74, 6) is 0.254. The summed E-state index contributed by atoms with van der Waals surface area (Å²) in [6.07, 6.45) is 2.22. The van der Waals surface area contributed by atoms with Gasteiger partial charge in [0.05, 0.1) is 29.3 Å². The number of nitrogens with one attached hydrogen (secondary N) is 1. The van der Waals surface area contributed by atoms with Gasteiger partial charge in [-0.05, 0) is 61.4 Å². The summed E-state index contributed by atoms with van der Waals surface area (Å²) in [5.41, 5.74) is 3.11. The second kappa shape index (κ2) is 11.0. The minimum Gasteiger partial charge on any atom is -0.496 e. The molecule has 0 radical (unpaired) electrons. The molecule has 0 aromatic heterocycles. The highest BCUT2D eigenvalue weighted by Gasteiger charge is 2.45. The third kappa shape index (κ3) is 4.92. The van der Waals surface area contributed by atoms with E-state index in [0.717, 1.165) is 16.7 Å². The molecule has 38 heavy (non-hydrogen) atoms. The van der Waals surface area contributed by atoms with Gasteiger partial charge in [0.2, 0.25) is 10.0 Å². The van der Waals surface area contributed by atoms with Crippen molar-refractivity contribution in [3.05, 3.63) is 71.8 Å². The van der Waals surface area contributed by atoms with Gasteiger partial charge in [0, 0.05) is 13.7 Å². The molecule has 2 aliphatic rings. The summed E-state index contributed by atoms with van der Waals surface area (Å²) in [6.45, 7) is 5.69. The lowest BCUT2D eigenvalue weighted by Crippen LogP contribution is -2.55. The van der Waals surface area contributed by atoms with E-state index in [1.165, 1.54) is 44.4 Å². The molecular weight excluding hydrogens is 510 g/mol. The van der Waals surface area contributed by atoms with Crippen molar-refractivity contribution in [3.63, 3.8) is 0 Å². The Hall–Kier alpha value is -3.67. The van der Waals surface area contributed by atoms with Gasteiger partial charge in [-0.15, -0.1) is 0 Å². The van der Waals surface area contributed by atoms with Gasteiger partial charge in [-0.1, -0.05) is 30.9 Å². The quantitative estimate of drug-likeness (QED) is 0.535. The van der Waals surface area contributed by atoms with Gasteiger partial charge >= 0.3 is 6.09 Å². The van der Waals surface area contributed by atoms with E-state index in [1.807, 2.05) is 13.0 Å². The second-order valence-electron chi connectivity index (χ2n) is 8.89. The minimum absolute atomic E-state index is 0.00834. The zero-order chi connectivity index (χ0) is 27.6. The fourth-order valence-electron chi connectivity index (χ4n) is 4.84. The monoisotopic (exact) mass is 541 g/mol. The van der Waals surface area contributed by atoms with E-state index in [0.29, 0.717) is 23.4 Å². The third-order valence-electron chi connectivity index (χ3n) is 6.78. The number of sulfonamides is 1. The van der Waals surface area contributed by atoms with Gasteiger partial charge in [0.25, 0.3) is 5.91 Å². The van der Waals surface area contributed by atoms with Crippen LogP contribution in [0.4, 0.5) is 10.5 Å². The number of hydrogen-bond acceptors (Lipinski definition) is 7. The largest absolute Gasteiger partial charge is 0.496 e. The number of anilines is 1. The van der Waals surface area contributed by atoms with Crippen LogP contribution in [-0.4, -0.2) is 72.0 Å². The van der Waals surface area contributed by atoms with Crippen molar-refractivity contribution in [1.29, 1.82) is 0 Å². The zero-order valence-electron chi connectivity index (χ0n) is 21.8. The number of aryl methyl sites for hydroxylation is 1. The highest BCUT2D eigenvalue weighted by Crippen LogP contribution is 2.40. The number of rotatable bonds is 7. The van der Waals surface area contributed by atoms with Crippen LogP contribution in [0.2, 0.25) is 0 Å². The average molecular weight is 542 g/mol. The summed E-state index contributed by atoms with van der Waals surface area (Å²) >= 11 is 0. The van der Waals surface area contributed by atoms with Crippen LogP contribution in [0.25, 0.3) is 5.57 Å². The minimum atomic E-state index is -3.57. The van der Waals surface area contributed by atoms with Crippen LogP contribution in [-0.2, 0) is 19.5 Å². The number of hydrogen-bond donors (Lipinski definition) is 1. The Balaban J connectivity index is 1.79. The molecule has 2 amide bonds. The van der Waals surface area contributed by atoms with Gasteiger partial charge in [-0.3, -0.25) is 4.79 Å². The van der Waals surface area contributed by atoms with E-state index in [1.54, 1.807) is 29.2 Å². The summed E-state index contributed by atoms with van der Waals surface area (Å²) in [4.78, 5) is 30.4. The summed E-state index contributed by atoms with van der Waals surface area (Å²) in [7, 11) is 0.793. The fraction of sp³-hybridized carbons (Fsp3) is 0.333. The Morgan fingerprint density at radius 1 is 1.21 bits per heavy atom.